The first-order valence-corrected chi connectivity index (χ1v) is 4.94. The lowest BCUT2D eigenvalue weighted by Crippen LogP contribution is -1.77. The van der Waals surface area contributed by atoms with E-state index >= 15 is 0 Å². The van der Waals surface area contributed by atoms with Crippen LogP contribution in [0.4, 0.5) is 0 Å². The minimum atomic E-state index is 0.961. The second-order valence-electron chi connectivity index (χ2n) is 3.06. The summed E-state index contributed by atoms with van der Waals surface area (Å²) >= 11 is 0. The fourth-order valence-corrected chi connectivity index (χ4v) is 0.992. The number of aryl methyl sites for hydroxylation is 2. The van der Waals surface area contributed by atoms with E-state index < -0.39 is 0 Å². The van der Waals surface area contributed by atoms with Gasteiger partial charge in [0.1, 0.15) is 0 Å². The molecular formula is C12H15N3. The largest absolute Gasteiger partial charge is 0.265 e. The number of pyridine rings is 1. The van der Waals surface area contributed by atoms with Crippen LogP contribution in [-0.2, 0) is 6.42 Å². The van der Waals surface area contributed by atoms with Crippen molar-refractivity contribution in [1.29, 1.82) is 0 Å². The molecule has 0 saturated heterocycles. The van der Waals surface area contributed by atoms with E-state index in [1.807, 2.05) is 31.5 Å². The topological polar surface area (TPSA) is 38.7 Å². The van der Waals surface area contributed by atoms with Crippen molar-refractivity contribution in [2.45, 2.75) is 20.3 Å². The van der Waals surface area contributed by atoms with Gasteiger partial charge >= 0.3 is 0 Å². The maximum Gasteiger partial charge on any atom is 0.0555 e. The van der Waals surface area contributed by atoms with Crippen molar-refractivity contribution in [2.75, 3.05) is 0 Å². The molecule has 0 aliphatic rings. The summed E-state index contributed by atoms with van der Waals surface area (Å²) < 4.78 is 0. The molecule has 2 aromatic rings. The zero-order valence-corrected chi connectivity index (χ0v) is 9.09. The first-order valence-electron chi connectivity index (χ1n) is 4.94. The average Bonchev–Trinajstić information content (AvgIpc) is 2.32. The number of aromatic nitrogens is 3. The van der Waals surface area contributed by atoms with Gasteiger partial charge in [-0.2, -0.15) is 0 Å². The Kier molecular flexibility index (Phi) is 5.01. The molecule has 15 heavy (non-hydrogen) atoms. The molecular weight excluding hydrogens is 186 g/mol. The second-order valence-corrected chi connectivity index (χ2v) is 3.06. The van der Waals surface area contributed by atoms with E-state index in [0.717, 1.165) is 12.1 Å². The molecule has 0 fully saturated rings. The fourth-order valence-electron chi connectivity index (χ4n) is 0.992. The van der Waals surface area contributed by atoms with Crippen LogP contribution in [0.2, 0.25) is 0 Å². The monoisotopic (exact) mass is 201 g/mol. The maximum atomic E-state index is 3.92. The first-order chi connectivity index (χ1) is 7.33. The van der Waals surface area contributed by atoms with Gasteiger partial charge in [0, 0.05) is 31.0 Å². The van der Waals surface area contributed by atoms with Gasteiger partial charge in [0.2, 0.25) is 0 Å². The highest BCUT2D eigenvalue weighted by molar-refractivity contribution is 5.08. The van der Waals surface area contributed by atoms with E-state index in [2.05, 4.69) is 21.9 Å². The minimum absolute atomic E-state index is 0.961. The summed E-state index contributed by atoms with van der Waals surface area (Å²) in [5.74, 6) is 0. The van der Waals surface area contributed by atoms with Crippen LogP contribution >= 0.6 is 0 Å². The Bertz CT molecular complexity index is 359. The molecule has 0 aliphatic carbocycles. The van der Waals surface area contributed by atoms with Crippen LogP contribution < -0.4 is 0 Å². The Hall–Kier alpha value is -1.77. The third-order valence-corrected chi connectivity index (χ3v) is 1.85. The smallest absolute Gasteiger partial charge is 0.0555 e. The molecule has 0 atom stereocenters. The van der Waals surface area contributed by atoms with Crippen LogP contribution in [0.15, 0.2) is 43.1 Å². The van der Waals surface area contributed by atoms with E-state index in [1.165, 1.54) is 5.56 Å². The summed E-state index contributed by atoms with van der Waals surface area (Å²) in [6.45, 7) is 4.04. The van der Waals surface area contributed by atoms with Crippen LogP contribution in [0.5, 0.6) is 0 Å². The number of nitrogens with zero attached hydrogens (tertiary/aromatic N) is 3. The molecule has 0 saturated carbocycles. The molecule has 2 aromatic heterocycles. The third kappa shape index (κ3) is 4.86. The quantitative estimate of drug-likeness (QED) is 0.711. The predicted octanol–water partition coefficient (Wildman–Crippen LogP) is 2.43. The fraction of sp³-hybridized carbons (Fsp3) is 0.250. The van der Waals surface area contributed by atoms with E-state index in [9.17, 15) is 0 Å². The molecule has 0 unspecified atom stereocenters. The summed E-state index contributed by atoms with van der Waals surface area (Å²) in [5, 5.41) is 0. The molecule has 78 valence electrons. The van der Waals surface area contributed by atoms with Crippen molar-refractivity contribution in [1.82, 2.24) is 15.0 Å². The SMILES string of the molecule is CCc1ccncc1.Cc1cnccn1. The van der Waals surface area contributed by atoms with Crippen molar-refractivity contribution < 1.29 is 0 Å². The van der Waals surface area contributed by atoms with E-state index in [0.29, 0.717) is 0 Å². The van der Waals surface area contributed by atoms with E-state index in [4.69, 9.17) is 0 Å². The molecule has 0 N–H and O–H groups in total. The van der Waals surface area contributed by atoms with Crippen molar-refractivity contribution in [3.8, 4) is 0 Å². The third-order valence-electron chi connectivity index (χ3n) is 1.85. The van der Waals surface area contributed by atoms with Gasteiger partial charge in [0.15, 0.2) is 0 Å². The van der Waals surface area contributed by atoms with Crippen LogP contribution in [0.3, 0.4) is 0 Å². The Balaban J connectivity index is 0.000000151. The standard InChI is InChI=1S/C7H9N.C5H6N2/c1-2-7-3-5-8-6-4-7;1-5-4-6-2-3-7-5/h3-6H,2H2,1H3;2-4H,1H3. The summed E-state index contributed by atoms with van der Waals surface area (Å²) in [5.41, 5.74) is 2.31. The van der Waals surface area contributed by atoms with E-state index in [-0.39, 0.29) is 0 Å². The minimum Gasteiger partial charge on any atom is -0.265 e. The summed E-state index contributed by atoms with van der Waals surface area (Å²) in [6, 6.07) is 4.06. The number of hydrogen-bond acceptors (Lipinski definition) is 3. The van der Waals surface area contributed by atoms with Gasteiger partial charge in [0.25, 0.3) is 0 Å². The lowest BCUT2D eigenvalue weighted by molar-refractivity contribution is 1.12. The Labute approximate surface area is 90.2 Å². The van der Waals surface area contributed by atoms with Crippen LogP contribution in [0.25, 0.3) is 0 Å². The summed E-state index contributed by atoms with van der Waals surface area (Å²) in [4.78, 5) is 11.6. The van der Waals surface area contributed by atoms with Crippen molar-refractivity contribution in [2.24, 2.45) is 0 Å². The molecule has 3 heteroatoms. The second kappa shape index (κ2) is 6.65. The molecule has 0 spiro atoms. The zero-order chi connectivity index (χ0) is 10.9. The van der Waals surface area contributed by atoms with E-state index in [1.54, 1.807) is 18.6 Å². The molecule has 2 rings (SSSR count). The van der Waals surface area contributed by atoms with Crippen molar-refractivity contribution in [3.63, 3.8) is 0 Å². The highest BCUT2D eigenvalue weighted by atomic mass is 14.7. The zero-order valence-electron chi connectivity index (χ0n) is 9.09. The lowest BCUT2D eigenvalue weighted by atomic mass is 10.2. The van der Waals surface area contributed by atoms with Crippen LogP contribution in [0, 0.1) is 6.92 Å². The normalized spacial score (nSPS) is 8.93. The predicted molar refractivity (Wildman–Crippen MR) is 60.4 cm³/mol. The first kappa shape index (κ1) is 11.3. The Morgan fingerprint density at radius 1 is 1.00 bits per heavy atom. The highest BCUT2D eigenvalue weighted by Gasteiger charge is 1.80. The highest BCUT2D eigenvalue weighted by Crippen LogP contribution is 1.94. The summed E-state index contributed by atoms with van der Waals surface area (Å²) in [6.07, 6.45) is 9.79. The van der Waals surface area contributed by atoms with Gasteiger partial charge in [-0.25, -0.2) is 0 Å². The molecule has 2 heterocycles. The number of hydrogen-bond donors (Lipinski definition) is 0. The van der Waals surface area contributed by atoms with Gasteiger partial charge in [-0.05, 0) is 31.0 Å². The summed E-state index contributed by atoms with van der Waals surface area (Å²) in [7, 11) is 0. The number of rotatable bonds is 1. The molecule has 0 aliphatic heterocycles. The van der Waals surface area contributed by atoms with Crippen LogP contribution in [-0.4, -0.2) is 15.0 Å². The van der Waals surface area contributed by atoms with Crippen molar-refractivity contribution >= 4 is 0 Å². The Morgan fingerprint density at radius 2 is 1.73 bits per heavy atom. The molecule has 0 bridgehead atoms. The van der Waals surface area contributed by atoms with Gasteiger partial charge in [-0.3, -0.25) is 15.0 Å². The maximum absolute atomic E-state index is 3.92. The molecule has 0 amide bonds. The average molecular weight is 201 g/mol. The van der Waals surface area contributed by atoms with Gasteiger partial charge in [-0.15, -0.1) is 0 Å². The van der Waals surface area contributed by atoms with Gasteiger partial charge in [-0.1, -0.05) is 6.92 Å². The van der Waals surface area contributed by atoms with Gasteiger partial charge in [0.05, 0.1) is 5.69 Å². The molecule has 0 radical (unpaired) electrons. The molecule has 3 nitrogen and oxygen atoms in total. The van der Waals surface area contributed by atoms with Crippen LogP contribution in [0.1, 0.15) is 18.2 Å². The molecule has 0 aromatic carbocycles. The lowest BCUT2D eigenvalue weighted by Gasteiger charge is -1.89. The van der Waals surface area contributed by atoms with Crippen molar-refractivity contribution in [3.05, 3.63) is 54.4 Å². The Morgan fingerprint density at radius 3 is 2.07 bits per heavy atom. The van der Waals surface area contributed by atoms with Gasteiger partial charge < -0.3 is 0 Å².